The van der Waals surface area contributed by atoms with E-state index in [-0.39, 0.29) is 21.3 Å². The van der Waals surface area contributed by atoms with Gasteiger partial charge in [-0.05, 0) is 36.4 Å². The quantitative estimate of drug-likeness (QED) is 0.489. The molecule has 0 aliphatic carbocycles. The lowest BCUT2D eigenvalue weighted by molar-refractivity contribution is -0.194. The summed E-state index contributed by atoms with van der Waals surface area (Å²) >= 11 is 5.88. The Kier molecular flexibility index (Phi) is 4.97. The highest BCUT2D eigenvalue weighted by atomic mass is 35.5. The van der Waals surface area contributed by atoms with Crippen molar-refractivity contribution in [3.63, 3.8) is 0 Å². The fourth-order valence-corrected chi connectivity index (χ4v) is 4.10. The molecule has 0 aromatic heterocycles. The number of hydrogen-bond acceptors (Lipinski definition) is 5. The van der Waals surface area contributed by atoms with Crippen LogP contribution in [0.2, 0.25) is 5.02 Å². The molecule has 0 unspecified atom stereocenters. The van der Waals surface area contributed by atoms with Gasteiger partial charge in [0.1, 0.15) is 0 Å². The van der Waals surface area contributed by atoms with Crippen LogP contribution in [0.4, 0.5) is 29.3 Å². The number of nitrogens with one attached hydrogen (secondary N) is 2. The number of carbonyl (C=O) groups is 2. The molecule has 4 N–H and O–H groups in total. The normalized spacial score (nSPS) is 20.1. The Morgan fingerprint density at radius 3 is 2.21 bits per heavy atom. The van der Waals surface area contributed by atoms with Crippen molar-refractivity contribution in [2.45, 2.75) is 16.7 Å². The number of alkyl halides is 3. The minimum Gasteiger partial charge on any atom is -0.399 e. The van der Waals surface area contributed by atoms with Gasteiger partial charge in [-0.25, -0.2) is 18.1 Å². The summed E-state index contributed by atoms with van der Waals surface area (Å²) in [5.41, 5.74) is 1.35. The summed E-state index contributed by atoms with van der Waals surface area (Å²) in [6.07, 6.45) is -5.52. The Bertz CT molecular complexity index is 1090. The fraction of sp³-hybridized carbons (Fsp3) is 0.125. The number of para-hydroxylation sites is 1. The molecule has 3 amide bonds. The number of nitrogens with zero attached hydrogens (tertiary/aromatic N) is 1. The predicted octanol–water partition coefficient (Wildman–Crippen LogP) is 2.22. The third-order valence-electron chi connectivity index (χ3n) is 4.02. The van der Waals surface area contributed by atoms with Crippen LogP contribution in [0.25, 0.3) is 0 Å². The zero-order valence-corrected chi connectivity index (χ0v) is 15.8. The number of hydrogen-bond donors (Lipinski definition) is 3. The molecule has 13 heteroatoms. The molecular weight excluding hydrogens is 437 g/mol. The van der Waals surface area contributed by atoms with E-state index in [0.29, 0.717) is 0 Å². The van der Waals surface area contributed by atoms with Crippen LogP contribution in [0.3, 0.4) is 0 Å². The molecule has 1 saturated heterocycles. The first-order chi connectivity index (χ1) is 13.4. The molecule has 1 atom stereocenters. The van der Waals surface area contributed by atoms with E-state index < -0.39 is 38.7 Å². The molecule has 1 fully saturated rings. The standard InChI is InChI=1S/C16H12ClF3N4O4S/c17-11-3-1-2-4-12(11)24-13(25)15(16(18,19)20,22-14(24)26)23-29(27,28)10-7-5-9(21)6-8-10/h1-8,23H,21H2,(H,22,26)/t15-/m1/s1. The third kappa shape index (κ3) is 3.50. The summed E-state index contributed by atoms with van der Waals surface area (Å²) in [4.78, 5) is 24.5. The van der Waals surface area contributed by atoms with Gasteiger partial charge in [0, 0.05) is 5.69 Å². The SMILES string of the molecule is Nc1ccc(S(=O)(=O)N[C@]2(C(F)(F)F)NC(=O)N(c3ccccc3Cl)C2=O)cc1. The Morgan fingerprint density at radius 1 is 1.07 bits per heavy atom. The lowest BCUT2D eigenvalue weighted by Gasteiger charge is -2.29. The molecule has 0 saturated carbocycles. The number of urea groups is 1. The number of rotatable bonds is 4. The second-order valence-corrected chi connectivity index (χ2v) is 8.03. The van der Waals surface area contributed by atoms with Crippen LogP contribution in [0.1, 0.15) is 0 Å². The van der Waals surface area contributed by atoms with Crippen molar-refractivity contribution in [3.8, 4) is 0 Å². The maximum atomic E-state index is 13.9. The van der Waals surface area contributed by atoms with Crippen LogP contribution in [-0.2, 0) is 14.8 Å². The first-order valence-electron chi connectivity index (χ1n) is 7.76. The molecule has 8 nitrogen and oxygen atoms in total. The number of halogens is 4. The van der Waals surface area contributed by atoms with Crippen molar-refractivity contribution in [2.24, 2.45) is 0 Å². The van der Waals surface area contributed by atoms with E-state index in [2.05, 4.69) is 0 Å². The Balaban J connectivity index is 2.09. The lowest BCUT2D eigenvalue weighted by Crippen LogP contribution is -2.69. The molecule has 0 radical (unpaired) electrons. The van der Waals surface area contributed by atoms with E-state index in [4.69, 9.17) is 17.3 Å². The Morgan fingerprint density at radius 2 is 1.66 bits per heavy atom. The molecular formula is C16H12ClF3N4O4S. The van der Waals surface area contributed by atoms with Gasteiger partial charge in [-0.3, -0.25) is 4.79 Å². The van der Waals surface area contributed by atoms with E-state index in [9.17, 15) is 31.2 Å². The van der Waals surface area contributed by atoms with Crippen molar-refractivity contribution in [1.82, 2.24) is 10.0 Å². The highest BCUT2D eigenvalue weighted by molar-refractivity contribution is 7.89. The molecule has 29 heavy (non-hydrogen) atoms. The fourth-order valence-electron chi connectivity index (χ4n) is 2.61. The van der Waals surface area contributed by atoms with Crippen LogP contribution in [-0.4, -0.2) is 32.2 Å². The van der Waals surface area contributed by atoms with E-state index in [1.54, 1.807) is 0 Å². The zero-order chi connectivity index (χ0) is 21.6. The highest BCUT2D eigenvalue weighted by Crippen LogP contribution is 2.38. The van der Waals surface area contributed by atoms with Gasteiger partial charge < -0.3 is 11.1 Å². The summed E-state index contributed by atoms with van der Waals surface area (Å²) < 4.78 is 68.0. The number of nitrogens with two attached hydrogens (primary N) is 1. The van der Waals surface area contributed by atoms with Gasteiger partial charge in [-0.1, -0.05) is 23.7 Å². The maximum Gasteiger partial charge on any atom is 0.435 e. The molecule has 1 aliphatic rings. The molecule has 0 bridgehead atoms. The Hall–Kier alpha value is -2.83. The van der Waals surface area contributed by atoms with E-state index in [0.717, 1.165) is 30.3 Å². The number of imide groups is 1. The molecule has 1 heterocycles. The number of nitrogen functional groups attached to an aromatic ring is 1. The van der Waals surface area contributed by atoms with E-state index in [1.165, 1.54) is 28.2 Å². The van der Waals surface area contributed by atoms with Crippen LogP contribution in [0.15, 0.2) is 53.4 Å². The van der Waals surface area contributed by atoms with Crippen molar-refractivity contribution in [2.75, 3.05) is 10.6 Å². The Labute approximate surface area is 167 Å². The molecule has 3 rings (SSSR count). The molecule has 1 aliphatic heterocycles. The number of carbonyl (C=O) groups excluding carboxylic acids is 2. The van der Waals surface area contributed by atoms with Crippen molar-refractivity contribution >= 4 is 44.9 Å². The van der Waals surface area contributed by atoms with Gasteiger partial charge in [0.05, 0.1) is 15.6 Å². The third-order valence-corrected chi connectivity index (χ3v) is 5.81. The topological polar surface area (TPSA) is 122 Å². The van der Waals surface area contributed by atoms with Gasteiger partial charge in [-0.2, -0.15) is 17.9 Å². The van der Waals surface area contributed by atoms with Gasteiger partial charge in [-0.15, -0.1) is 0 Å². The smallest absolute Gasteiger partial charge is 0.399 e. The van der Waals surface area contributed by atoms with Gasteiger partial charge in [0.2, 0.25) is 10.0 Å². The molecule has 2 aromatic carbocycles. The van der Waals surface area contributed by atoms with Gasteiger partial charge in [0.15, 0.2) is 0 Å². The van der Waals surface area contributed by atoms with Crippen LogP contribution in [0, 0.1) is 0 Å². The first kappa shape index (κ1) is 20.9. The minimum atomic E-state index is -5.52. The summed E-state index contributed by atoms with van der Waals surface area (Å²) in [6.45, 7) is 0. The number of anilines is 2. The van der Waals surface area contributed by atoms with E-state index >= 15 is 0 Å². The first-order valence-corrected chi connectivity index (χ1v) is 9.63. The van der Waals surface area contributed by atoms with Gasteiger partial charge in [0.25, 0.3) is 11.6 Å². The number of sulfonamides is 1. The van der Waals surface area contributed by atoms with Crippen molar-refractivity contribution in [3.05, 3.63) is 53.6 Å². The predicted molar refractivity (Wildman–Crippen MR) is 97.4 cm³/mol. The second kappa shape index (κ2) is 6.90. The highest BCUT2D eigenvalue weighted by Gasteiger charge is 2.70. The van der Waals surface area contributed by atoms with Crippen LogP contribution in [0.5, 0.6) is 0 Å². The molecule has 154 valence electrons. The van der Waals surface area contributed by atoms with Crippen LogP contribution >= 0.6 is 11.6 Å². The average Bonchev–Trinajstić information content (AvgIpc) is 2.86. The minimum absolute atomic E-state index is 0.126. The summed E-state index contributed by atoms with van der Waals surface area (Å²) in [7, 11) is -4.89. The molecule has 2 aromatic rings. The second-order valence-electron chi connectivity index (χ2n) is 5.94. The van der Waals surface area contributed by atoms with Crippen molar-refractivity contribution < 1.29 is 31.2 Å². The average molecular weight is 449 g/mol. The van der Waals surface area contributed by atoms with Gasteiger partial charge >= 0.3 is 12.2 Å². The summed E-state index contributed by atoms with van der Waals surface area (Å²) in [5.74, 6) is -1.90. The summed E-state index contributed by atoms with van der Waals surface area (Å²) in [6, 6.07) is 7.88. The lowest BCUT2D eigenvalue weighted by atomic mass is 10.1. The number of amides is 3. The number of benzene rings is 2. The monoisotopic (exact) mass is 448 g/mol. The summed E-state index contributed by atoms with van der Waals surface area (Å²) in [5, 5.41) is 1.22. The molecule has 0 spiro atoms. The van der Waals surface area contributed by atoms with E-state index in [1.807, 2.05) is 0 Å². The van der Waals surface area contributed by atoms with Crippen LogP contribution < -0.4 is 20.7 Å². The zero-order valence-electron chi connectivity index (χ0n) is 14.2. The van der Waals surface area contributed by atoms with Crippen molar-refractivity contribution in [1.29, 1.82) is 0 Å². The largest absolute Gasteiger partial charge is 0.435 e. The maximum absolute atomic E-state index is 13.9.